The van der Waals surface area contributed by atoms with Crippen molar-refractivity contribution in [1.29, 1.82) is 0 Å². The van der Waals surface area contributed by atoms with Crippen molar-refractivity contribution in [3.8, 4) is 5.75 Å². The van der Waals surface area contributed by atoms with Crippen LogP contribution in [0.4, 0.5) is 0 Å². The largest absolute Gasteiger partial charge is 0.496 e. The van der Waals surface area contributed by atoms with Crippen molar-refractivity contribution in [1.82, 2.24) is 0 Å². The molecule has 1 rings (SSSR count). The van der Waals surface area contributed by atoms with E-state index in [4.69, 9.17) is 4.74 Å². The average molecular weight is 218 g/mol. The maximum Gasteiger partial charge on any atom is 0.166 e. The minimum absolute atomic E-state index is 0.141. The molecule has 2 nitrogen and oxygen atoms in total. The van der Waals surface area contributed by atoms with Crippen LogP contribution in [0.25, 0.3) is 0 Å². The molecule has 0 aliphatic carbocycles. The van der Waals surface area contributed by atoms with Crippen LogP contribution in [0.1, 0.15) is 35.2 Å². The van der Waals surface area contributed by atoms with Crippen molar-refractivity contribution in [2.24, 2.45) is 0 Å². The van der Waals surface area contributed by atoms with Gasteiger partial charge < -0.3 is 4.74 Å². The Kier molecular flexibility index (Phi) is 4.77. The van der Waals surface area contributed by atoms with E-state index in [1.54, 1.807) is 7.11 Å². The van der Waals surface area contributed by atoms with Gasteiger partial charge in [-0.05, 0) is 31.9 Å². The lowest BCUT2D eigenvalue weighted by Gasteiger charge is -2.08. The minimum Gasteiger partial charge on any atom is -0.496 e. The molecule has 16 heavy (non-hydrogen) atoms. The molecule has 0 aliphatic heterocycles. The Balaban J connectivity index is 2.80. The standard InChI is InChI=1S/C14H18O2/c1-4-5-6-7-13(15)12-10-11(2)8-9-14(12)16-3/h4,8-10H,1,5-7H2,2-3H3. The second-order valence-corrected chi connectivity index (χ2v) is 3.81. The smallest absolute Gasteiger partial charge is 0.166 e. The first-order valence-corrected chi connectivity index (χ1v) is 5.47. The van der Waals surface area contributed by atoms with Gasteiger partial charge in [-0.15, -0.1) is 6.58 Å². The summed E-state index contributed by atoms with van der Waals surface area (Å²) in [5.41, 5.74) is 1.76. The molecule has 0 spiro atoms. The number of allylic oxidation sites excluding steroid dienone is 1. The van der Waals surface area contributed by atoms with Gasteiger partial charge in [-0.2, -0.15) is 0 Å². The van der Waals surface area contributed by atoms with E-state index in [1.165, 1.54) is 0 Å². The zero-order valence-corrected chi connectivity index (χ0v) is 9.95. The van der Waals surface area contributed by atoms with E-state index in [0.29, 0.717) is 17.7 Å². The van der Waals surface area contributed by atoms with Crippen LogP contribution in [-0.2, 0) is 0 Å². The third-order valence-electron chi connectivity index (χ3n) is 2.47. The number of carbonyl (C=O) groups excluding carboxylic acids is 1. The molecule has 0 unspecified atom stereocenters. The number of ketones is 1. The Hall–Kier alpha value is -1.57. The molecule has 1 aromatic rings. The first-order valence-electron chi connectivity index (χ1n) is 5.47. The fourth-order valence-corrected chi connectivity index (χ4v) is 1.58. The summed E-state index contributed by atoms with van der Waals surface area (Å²) in [5.74, 6) is 0.802. The molecule has 0 fully saturated rings. The first kappa shape index (κ1) is 12.5. The van der Waals surface area contributed by atoms with Crippen LogP contribution >= 0.6 is 0 Å². The number of Topliss-reactive ketones (excluding diaryl/α,β-unsaturated/α-hetero) is 1. The van der Waals surface area contributed by atoms with E-state index in [0.717, 1.165) is 18.4 Å². The highest BCUT2D eigenvalue weighted by atomic mass is 16.5. The van der Waals surface area contributed by atoms with E-state index in [1.807, 2.05) is 31.2 Å². The summed E-state index contributed by atoms with van der Waals surface area (Å²) in [6.07, 6.45) is 4.10. The summed E-state index contributed by atoms with van der Waals surface area (Å²) in [4.78, 5) is 11.9. The van der Waals surface area contributed by atoms with Gasteiger partial charge in [0, 0.05) is 6.42 Å². The summed E-state index contributed by atoms with van der Waals surface area (Å²) < 4.78 is 5.19. The number of methoxy groups -OCH3 is 1. The average Bonchev–Trinajstić information content (AvgIpc) is 2.29. The predicted octanol–water partition coefficient (Wildman–Crippen LogP) is 3.54. The Morgan fingerprint density at radius 3 is 2.88 bits per heavy atom. The molecule has 86 valence electrons. The number of aryl methyl sites for hydroxylation is 1. The number of ether oxygens (including phenoxy) is 1. The second-order valence-electron chi connectivity index (χ2n) is 3.81. The second kappa shape index (κ2) is 6.11. The molecule has 0 amide bonds. The van der Waals surface area contributed by atoms with Crippen LogP contribution in [0, 0.1) is 6.92 Å². The highest BCUT2D eigenvalue weighted by Crippen LogP contribution is 2.21. The molecule has 0 aromatic heterocycles. The van der Waals surface area contributed by atoms with Crippen LogP contribution < -0.4 is 4.74 Å². The van der Waals surface area contributed by atoms with E-state index >= 15 is 0 Å². The van der Waals surface area contributed by atoms with Crippen molar-refractivity contribution in [2.75, 3.05) is 7.11 Å². The van der Waals surface area contributed by atoms with Crippen LogP contribution in [-0.4, -0.2) is 12.9 Å². The molecule has 1 aromatic carbocycles. The zero-order valence-electron chi connectivity index (χ0n) is 9.95. The van der Waals surface area contributed by atoms with Crippen molar-refractivity contribution in [2.45, 2.75) is 26.2 Å². The summed E-state index contributed by atoms with van der Waals surface area (Å²) in [6.45, 7) is 5.61. The van der Waals surface area contributed by atoms with Gasteiger partial charge >= 0.3 is 0 Å². The number of unbranched alkanes of at least 4 members (excludes halogenated alkanes) is 1. The molecule has 0 aliphatic rings. The number of hydrogen-bond acceptors (Lipinski definition) is 2. The number of benzene rings is 1. The lowest BCUT2D eigenvalue weighted by molar-refractivity contribution is 0.0977. The van der Waals surface area contributed by atoms with Gasteiger partial charge in [-0.25, -0.2) is 0 Å². The van der Waals surface area contributed by atoms with Gasteiger partial charge in [0.05, 0.1) is 12.7 Å². The maximum absolute atomic E-state index is 11.9. The molecular formula is C14H18O2. The topological polar surface area (TPSA) is 26.3 Å². The van der Waals surface area contributed by atoms with Crippen molar-refractivity contribution < 1.29 is 9.53 Å². The highest BCUT2D eigenvalue weighted by molar-refractivity contribution is 5.98. The molecular weight excluding hydrogens is 200 g/mol. The fraction of sp³-hybridized carbons (Fsp3) is 0.357. The zero-order chi connectivity index (χ0) is 12.0. The van der Waals surface area contributed by atoms with Gasteiger partial charge in [-0.3, -0.25) is 4.79 Å². The molecule has 0 N–H and O–H groups in total. The molecule has 2 heteroatoms. The van der Waals surface area contributed by atoms with Gasteiger partial charge in [0.15, 0.2) is 5.78 Å². The SMILES string of the molecule is C=CCCCC(=O)c1cc(C)ccc1OC. The van der Waals surface area contributed by atoms with Gasteiger partial charge in [0.25, 0.3) is 0 Å². The predicted molar refractivity (Wildman–Crippen MR) is 66.1 cm³/mol. The van der Waals surface area contributed by atoms with E-state index in [9.17, 15) is 4.79 Å². The summed E-state index contributed by atoms with van der Waals surface area (Å²) in [7, 11) is 1.59. The Morgan fingerprint density at radius 2 is 2.25 bits per heavy atom. The van der Waals surface area contributed by atoms with Gasteiger partial charge in [-0.1, -0.05) is 17.7 Å². The number of carbonyl (C=O) groups is 1. The van der Waals surface area contributed by atoms with Crippen LogP contribution in [0.5, 0.6) is 5.75 Å². The molecule has 0 saturated carbocycles. The van der Waals surface area contributed by atoms with E-state index in [-0.39, 0.29) is 5.78 Å². The summed E-state index contributed by atoms with van der Waals surface area (Å²) in [6, 6.07) is 5.67. The molecule has 0 radical (unpaired) electrons. The lowest BCUT2D eigenvalue weighted by Crippen LogP contribution is -2.02. The van der Waals surface area contributed by atoms with Gasteiger partial charge in [0.2, 0.25) is 0 Å². The number of rotatable bonds is 6. The van der Waals surface area contributed by atoms with Gasteiger partial charge in [0.1, 0.15) is 5.75 Å². The quantitative estimate of drug-likeness (QED) is 0.414. The third kappa shape index (κ3) is 3.23. The summed E-state index contributed by atoms with van der Waals surface area (Å²) in [5, 5.41) is 0. The van der Waals surface area contributed by atoms with Crippen molar-refractivity contribution >= 4 is 5.78 Å². The number of hydrogen-bond donors (Lipinski definition) is 0. The highest BCUT2D eigenvalue weighted by Gasteiger charge is 2.11. The fourth-order valence-electron chi connectivity index (χ4n) is 1.58. The Morgan fingerprint density at radius 1 is 1.50 bits per heavy atom. The van der Waals surface area contributed by atoms with Crippen molar-refractivity contribution in [3.63, 3.8) is 0 Å². The lowest BCUT2D eigenvalue weighted by atomic mass is 10.0. The van der Waals surface area contributed by atoms with E-state index in [2.05, 4.69) is 6.58 Å². The van der Waals surface area contributed by atoms with Crippen molar-refractivity contribution in [3.05, 3.63) is 42.0 Å². The van der Waals surface area contributed by atoms with Crippen LogP contribution in [0.3, 0.4) is 0 Å². The maximum atomic E-state index is 11.9. The monoisotopic (exact) mass is 218 g/mol. The molecule has 0 bridgehead atoms. The minimum atomic E-state index is 0.141. The summed E-state index contributed by atoms with van der Waals surface area (Å²) >= 11 is 0. The van der Waals surface area contributed by atoms with E-state index < -0.39 is 0 Å². The van der Waals surface area contributed by atoms with Crippen LogP contribution in [0.2, 0.25) is 0 Å². The van der Waals surface area contributed by atoms with Crippen LogP contribution in [0.15, 0.2) is 30.9 Å². The third-order valence-corrected chi connectivity index (χ3v) is 2.47. The molecule has 0 heterocycles. The molecule has 0 atom stereocenters. The molecule has 0 saturated heterocycles. The Bertz CT molecular complexity index is 380. The normalized spacial score (nSPS) is 9.88. The first-order chi connectivity index (χ1) is 7.69. The Labute approximate surface area is 96.9 Å².